The van der Waals surface area contributed by atoms with Crippen molar-refractivity contribution in [3.63, 3.8) is 0 Å². The smallest absolute Gasteiger partial charge is 0.110 e. The molecular formula is C6H13BrN+. The van der Waals surface area contributed by atoms with E-state index in [1.807, 2.05) is 0 Å². The fourth-order valence-electron chi connectivity index (χ4n) is 0.515. The molecular weight excluding hydrogens is 166 g/mol. The fraction of sp³-hybridized carbons (Fsp3) is 0.667. The Morgan fingerprint density at radius 2 is 1.88 bits per heavy atom. The molecule has 2 heteroatoms. The lowest BCUT2D eigenvalue weighted by Gasteiger charge is -2.22. The van der Waals surface area contributed by atoms with Crippen LogP contribution in [-0.2, 0) is 0 Å². The molecule has 0 heterocycles. The van der Waals surface area contributed by atoms with Gasteiger partial charge in [0, 0.05) is 4.48 Å². The summed E-state index contributed by atoms with van der Waals surface area (Å²) in [5.41, 5.74) is 0. The third kappa shape index (κ3) is 6.18. The first kappa shape index (κ1) is 8.18. The van der Waals surface area contributed by atoms with E-state index in [0.717, 1.165) is 15.5 Å². The number of hydrogen-bond donors (Lipinski definition) is 0. The molecule has 0 radical (unpaired) electrons. The molecule has 0 aromatic heterocycles. The van der Waals surface area contributed by atoms with Gasteiger partial charge in [-0.3, -0.25) is 0 Å². The van der Waals surface area contributed by atoms with Gasteiger partial charge in [0.15, 0.2) is 0 Å². The summed E-state index contributed by atoms with van der Waals surface area (Å²) in [6.07, 6.45) is 0. The second-order valence-corrected chi connectivity index (χ2v) is 4.09. The summed E-state index contributed by atoms with van der Waals surface area (Å²) >= 11 is 3.30. The molecule has 0 aromatic carbocycles. The molecule has 0 atom stereocenters. The van der Waals surface area contributed by atoms with Gasteiger partial charge < -0.3 is 4.48 Å². The third-order valence-corrected chi connectivity index (χ3v) is 0.897. The van der Waals surface area contributed by atoms with Crippen LogP contribution in [0.1, 0.15) is 0 Å². The highest BCUT2D eigenvalue weighted by Crippen LogP contribution is 2.04. The van der Waals surface area contributed by atoms with Crippen LogP contribution in [0.4, 0.5) is 0 Å². The van der Waals surface area contributed by atoms with E-state index in [0.29, 0.717) is 0 Å². The molecule has 48 valence electrons. The molecule has 0 aliphatic heterocycles. The normalized spacial score (nSPS) is 11.5. The van der Waals surface area contributed by atoms with Crippen molar-refractivity contribution in [3.05, 3.63) is 11.1 Å². The van der Waals surface area contributed by atoms with Gasteiger partial charge in [-0.05, 0) is 0 Å². The van der Waals surface area contributed by atoms with Gasteiger partial charge in [-0.25, -0.2) is 0 Å². The predicted octanol–water partition coefficient (Wildman–Crippen LogP) is 1.60. The number of likely N-dealkylation sites (N-methyl/N-ethyl adjacent to an activating group) is 1. The van der Waals surface area contributed by atoms with Crippen molar-refractivity contribution in [2.75, 3.05) is 27.7 Å². The predicted molar refractivity (Wildman–Crippen MR) is 41.0 cm³/mol. The second-order valence-electron chi connectivity index (χ2n) is 2.97. The van der Waals surface area contributed by atoms with Gasteiger partial charge in [0.2, 0.25) is 0 Å². The Morgan fingerprint density at radius 1 is 1.50 bits per heavy atom. The maximum absolute atomic E-state index is 3.74. The number of quaternary nitrogens is 1. The van der Waals surface area contributed by atoms with Crippen molar-refractivity contribution in [1.82, 2.24) is 0 Å². The van der Waals surface area contributed by atoms with Gasteiger partial charge in [0.1, 0.15) is 6.54 Å². The van der Waals surface area contributed by atoms with E-state index in [1.54, 1.807) is 0 Å². The molecule has 0 spiro atoms. The maximum Gasteiger partial charge on any atom is 0.110 e. The summed E-state index contributed by atoms with van der Waals surface area (Å²) in [6.45, 7) is 4.73. The molecule has 0 rings (SSSR count). The first-order valence-electron chi connectivity index (χ1n) is 2.55. The molecule has 0 amide bonds. The lowest BCUT2D eigenvalue weighted by Crippen LogP contribution is -2.35. The molecule has 0 aliphatic rings. The van der Waals surface area contributed by atoms with Crippen LogP contribution in [-0.4, -0.2) is 32.2 Å². The van der Waals surface area contributed by atoms with E-state index in [4.69, 9.17) is 0 Å². The molecule has 0 aliphatic carbocycles. The van der Waals surface area contributed by atoms with Crippen LogP contribution in [0, 0.1) is 0 Å². The Hall–Kier alpha value is 0.180. The van der Waals surface area contributed by atoms with Crippen LogP contribution in [0.3, 0.4) is 0 Å². The first-order valence-corrected chi connectivity index (χ1v) is 3.35. The average Bonchev–Trinajstić information content (AvgIpc) is 1.21. The van der Waals surface area contributed by atoms with Gasteiger partial charge >= 0.3 is 0 Å². The average molecular weight is 179 g/mol. The van der Waals surface area contributed by atoms with Gasteiger partial charge in [0.05, 0.1) is 21.1 Å². The van der Waals surface area contributed by atoms with Crippen molar-refractivity contribution in [2.45, 2.75) is 0 Å². The Kier molecular flexibility index (Phi) is 2.71. The number of rotatable bonds is 2. The number of hydrogen-bond acceptors (Lipinski definition) is 0. The van der Waals surface area contributed by atoms with E-state index >= 15 is 0 Å². The SMILES string of the molecule is C=C(Br)C[N+](C)(C)C. The fourth-order valence-corrected chi connectivity index (χ4v) is 1.27. The Morgan fingerprint density at radius 3 is 1.88 bits per heavy atom. The van der Waals surface area contributed by atoms with Gasteiger partial charge in [-0.15, -0.1) is 0 Å². The van der Waals surface area contributed by atoms with Crippen molar-refractivity contribution in [2.24, 2.45) is 0 Å². The third-order valence-electron chi connectivity index (χ3n) is 0.646. The minimum atomic E-state index is 0.935. The molecule has 0 aromatic rings. The monoisotopic (exact) mass is 178 g/mol. The van der Waals surface area contributed by atoms with Crippen LogP contribution >= 0.6 is 15.9 Å². The highest BCUT2D eigenvalue weighted by Gasteiger charge is 2.05. The lowest BCUT2D eigenvalue weighted by molar-refractivity contribution is -0.864. The first-order chi connectivity index (χ1) is 3.42. The molecule has 8 heavy (non-hydrogen) atoms. The van der Waals surface area contributed by atoms with Gasteiger partial charge in [0.25, 0.3) is 0 Å². The van der Waals surface area contributed by atoms with Crippen LogP contribution < -0.4 is 0 Å². The minimum absolute atomic E-state index is 0.935. The largest absolute Gasteiger partial charge is 0.327 e. The molecule has 1 nitrogen and oxygen atoms in total. The van der Waals surface area contributed by atoms with Crippen LogP contribution in [0.25, 0.3) is 0 Å². The Labute approximate surface area is 59.7 Å². The van der Waals surface area contributed by atoms with E-state index in [-0.39, 0.29) is 0 Å². The minimum Gasteiger partial charge on any atom is -0.327 e. The maximum atomic E-state index is 3.74. The highest BCUT2D eigenvalue weighted by molar-refractivity contribution is 9.11. The van der Waals surface area contributed by atoms with Crippen molar-refractivity contribution in [1.29, 1.82) is 0 Å². The standard InChI is InChI=1S/C6H13BrN/c1-6(7)5-8(2,3)4/h1,5H2,2-4H3/q+1. The molecule has 0 fully saturated rings. The molecule has 0 unspecified atom stereocenters. The van der Waals surface area contributed by atoms with Gasteiger partial charge in [-0.1, -0.05) is 22.5 Å². The van der Waals surface area contributed by atoms with E-state index in [1.165, 1.54) is 0 Å². The lowest BCUT2D eigenvalue weighted by atomic mass is 10.5. The topological polar surface area (TPSA) is 0 Å². The van der Waals surface area contributed by atoms with Gasteiger partial charge in [-0.2, -0.15) is 0 Å². The summed E-state index contributed by atoms with van der Waals surface area (Å²) in [6, 6.07) is 0. The Bertz CT molecular complexity index is 91.2. The molecule has 0 saturated carbocycles. The van der Waals surface area contributed by atoms with Crippen molar-refractivity contribution >= 4 is 15.9 Å². The van der Waals surface area contributed by atoms with E-state index < -0.39 is 0 Å². The van der Waals surface area contributed by atoms with E-state index in [2.05, 4.69) is 43.7 Å². The molecule has 0 bridgehead atoms. The molecule has 0 saturated heterocycles. The zero-order chi connectivity index (χ0) is 6.78. The van der Waals surface area contributed by atoms with Crippen LogP contribution in [0.2, 0.25) is 0 Å². The summed E-state index contributed by atoms with van der Waals surface area (Å²) < 4.78 is 1.99. The molecule has 0 N–H and O–H groups in total. The second kappa shape index (κ2) is 2.65. The summed E-state index contributed by atoms with van der Waals surface area (Å²) in [7, 11) is 6.39. The summed E-state index contributed by atoms with van der Waals surface area (Å²) in [5.74, 6) is 0. The van der Waals surface area contributed by atoms with E-state index in [9.17, 15) is 0 Å². The number of nitrogens with zero attached hydrogens (tertiary/aromatic N) is 1. The Balaban J connectivity index is 3.55. The van der Waals surface area contributed by atoms with Crippen molar-refractivity contribution in [3.8, 4) is 0 Å². The number of halogens is 1. The zero-order valence-electron chi connectivity index (χ0n) is 5.74. The zero-order valence-corrected chi connectivity index (χ0v) is 7.33. The summed E-state index contributed by atoms with van der Waals surface area (Å²) in [5, 5.41) is 0. The highest BCUT2D eigenvalue weighted by atomic mass is 79.9. The van der Waals surface area contributed by atoms with Crippen LogP contribution in [0.5, 0.6) is 0 Å². The van der Waals surface area contributed by atoms with Crippen molar-refractivity contribution < 1.29 is 4.48 Å². The summed E-state index contributed by atoms with van der Waals surface area (Å²) in [4.78, 5) is 0. The van der Waals surface area contributed by atoms with Crippen LogP contribution in [0.15, 0.2) is 11.1 Å². The quantitative estimate of drug-likeness (QED) is 0.565.